The Labute approximate surface area is 107 Å². The number of benzene rings is 1. The molecule has 2 aromatic rings. The smallest absolute Gasteiger partial charge is 0.324 e. The zero-order chi connectivity index (χ0) is 14.0. The first-order valence-electron chi connectivity index (χ1n) is 5.52. The number of aromatic nitrogens is 4. The molecule has 1 aromatic heterocycles. The average molecular weight is 271 g/mol. The number of halogens is 3. The van der Waals surface area contributed by atoms with Crippen LogP contribution in [-0.2, 0) is 19.6 Å². The molecule has 0 aliphatic carbocycles. The van der Waals surface area contributed by atoms with Gasteiger partial charge in [-0.2, -0.15) is 18.0 Å². The van der Waals surface area contributed by atoms with Crippen molar-refractivity contribution in [2.24, 2.45) is 12.8 Å². The maximum atomic E-state index is 12.6. The minimum absolute atomic E-state index is 0.231. The zero-order valence-corrected chi connectivity index (χ0v) is 10.1. The van der Waals surface area contributed by atoms with Gasteiger partial charge in [0.1, 0.15) is 0 Å². The van der Waals surface area contributed by atoms with Gasteiger partial charge in [-0.25, -0.2) is 0 Å². The summed E-state index contributed by atoms with van der Waals surface area (Å²) in [6.07, 6.45) is -4.14. The van der Waals surface area contributed by atoms with Gasteiger partial charge in [-0.3, -0.25) is 0 Å². The highest BCUT2D eigenvalue weighted by Gasteiger charge is 2.30. The van der Waals surface area contributed by atoms with Crippen LogP contribution in [0.2, 0.25) is 0 Å². The Balaban J connectivity index is 2.17. The quantitative estimate of drug-likeness (QED) is 0.917. The molecule has 19 heavy (non-hydrogen) atoms. The number of tetrazole rings is 1. The Morgan fingerprint density at radius 1 is 1.37 bits per heavy atom. The van der Waals surface area contributed by atoms with E-state index in [9.17, 15) is 13.2 Å². The maximum absolute atomic E-state index is 12.6. The molecule has 0 radical (unpaired) electrons. The second kappa shape index (κ2) is 4.96. The zero-order valence-electron chi connectivity index (χ0n) is 10.1. The second-order valence-corrected chi connectivity index (χ2v) is 4.13. The van der Waals surface area contributed by atoms with E-state index in [1.165, 1.54) is 10.9 Å². The van der Waals surface area contributed by atoms with Crippen molar-refractivity contribution in [3.05, 3.63) is 41.2 Å². The minimum atomic E-state index is -4.37. The molecule has 0 amide bonds. The van der Waals surface area contributed by atoms with Crippen LogP contribution in [0.1, 0.15) is 23.0 Å². The molecule has 0 fully saturated rings. The van der Waals surface area contributed by atoms with Crippen molar-refractivity contribution in [3.63, 3.8) is 0 Å². The molecule has 2 rings (SSSR count). The number of nitrogens with two attached hydrogens (primary N) is 1. The first kappa shape index (κ1) is 13.5. The lowest BCUT2D eigenvalue weighted by Gasteiger charge is -2.13. The molecule has 1 atom stereocenters. The standard InChI is InChI=1S/C11H12F3N5/c1-19-17-10(16-18-19)6-9(15)7-3-2-4-8(5-7)11(12,13)14/h2-5,9H,6,15H2,1H3. The largest absolute Gasteiger partial charge is 0.416 e. The van der Waals surface area contributed by atoms with Crippen LogP contribution < -0.4 is 5.73 Å². The van der Waals surface area contributed by atoms with E-state index in [2.05, 4.69) is 15.4 Å². The molecule has 0 aliphatic heterocycles. The molecule has 1 heterocycles. The second-order valence-electron chi connectivity index (χ2n) is 4.13. The number of hydrogen-bond acceptors (Lipinski definition) is 4. The van der Waals surface area contributed by atoms with E-state index in [0.717, 1.165) is 12.1 Å². The highest BCUT2D eigenvalue weighted by atomic mass is 19.4. The summed E-state index contributed by atoms with van der Waals surface area (Å²) < 4.78 is 37.7. The molecule has 0 bridgehead atoms. The molecule has 102 valence electrons. The Hall–Kier alpha value is -1.96. The van der Waals surface area contributed by atoms with E-state index in [0.29, 0.717) is 11.4 Å². The monoisotopic (exact) mass is 271 g/mol. The predicted octanol–water partition coefficient (Wildman–Crippen LogP) is 1.47. The van der Waals surface area contributed by atoms with Gasteiger partial charge in [0.05, 0.1) is 12.6 Å². The third kappa shape index (κ3) is 3.28. The van der Waals surface area contributed by atoms with E-state index in [1.54, 1.807) is 13.1 Å². The molecule has 0 spiro atoms. The van der Waals surface area contributed by atoms with Gasteiger partial charge in [0.25, 0.3) is 0 Å². The van der Waals surface area contributed by atoms with Gasteiger partial charge in [-0.15, -0.1) is 10.2 Å². The van der Waals surface area contributed by atoms with Gasteiger partial charge < -0.3 is 5.73 Å². The van der Waals surface area contributed by atoms with Crippen molar-refractivity contribution >= 4 is 0 Å². The van der Waals surface area contributed by atoms with E-state index < -0.39 is 17.8 Å². The van der Waals surface area contributed by atoms with E-state index in [4.69, 9.17) is 5.73 Å². The van der Waals surface area contributed by atoms with E-state index >= 15 is 0 Å². The Morgan fingerprint density at radius 3 is 2.68 bits per heavy atom. The fourth-order valence-electron chi connectivity index (χ4n) is 1.67. The summed E-state index contributed by atoms with van der Waals surface area (Å²) in [4.78, 5) is 1.27. The lowest BCUT2D eigenvalue weighted by atomic mass is 10.0. The van der Waals surface area contributed by atoms with Gasteiger partial charge in [-0.05, 0) is 22.9 Å². The lowest BCUT2D eigenvalue weighted by molar-refractivity contribution is -0.137. The highest BCUT2D eigenvalue weighted by molar-refractivity contribution is 5.28. The van der Waals surface area contributed by atoms with E-state index in [1.807, 2.05) is 0 Å². The van der Waals surface area contributed by atoms with Crippen molar-refractivity contribution in [2.45, 2.75) is 18.6 Å². The van der Waals surface area contributed by atoms with Crippen molar-refractivity contribution in [3.8, 4) is 0 Å². The van der Waals surface area contributed by atoms with Crippen LogP contribution in [0, 0.1) is 0 Å². The summed E-state index contributed by atoms with van der Waals surface area (Å²) in [5, 5.41) is 11.3. The molecule has 5 nitrogen and oxygen atoms in total. The predicted molar refractivity (Wildman–Crippen MR) is 60.9 cm³/mol. The van der Waals surface area contributed by atoms with Gasteiger partial charge in [0.15, 0.2) is 5.82 Å². The van der Waals surface area contributed by atoms with E-state index in [-0.39, 0.29) is 6.42 Å². The van der Waals surface area contributed by atoms with Crippen molar-refractivity contribution in [1.82, 2.24) is 20.2 Å². The fraction of sp³-hybridized carbons (Fsp3) is 0.364. The summed E-state index contributed by atoms with van der Waals surface area (Å²) in [6.45, 7) is 0. The number of aryl methyl sites for hydroxylation is 1. The summed E-state index contributed by atoms with van der Waals surface area (Å²) >= 11 is 0. The van der Waals surface area contributed by atoms with Crippen molar-refractivity contribution in [2.75, 3.05) is 0 Å². The first-order chi connectivity index (χ1) is 8.86. The van der Waals surface area contributed by atoms with Crippen molar-refractivity contribution in [1.29, 1.82) is 0 Å². The molecule has 0 saturated carbocycles. The maximum Gasteiger partial charge on any atom is 0.416 e. The third-order valence-electron chi connectivity index (χ3n) is 2.59. The Bertz CT molecular complexity index is 563. The molecular weight excluding hydrogens is 259 g/mol. The first-order valence-corrected chi connectivity index (χ1v) is 5.52. The average Bonchev–Trinajstić information content (AvgIpc) is 2.74. The molecule has 0 aliphatic rings. The summed E-state index contributed by atoms with van der Waals surface area (Å²) in [7, 11) is 1.60. The lowest BCUT2D eigenvalue weighted by Crippen LogP contribution is -2.15. The normalized spacial score (nSPS) is 13.5. The summed E-state index contributed by atoms with van der Waals surface area (Å²) in [5.41, 5.74) is 5.54. The van der Waals surface area contributed by atoms with Crippen molar-refractivity contribution < 1.29 is 13.2 Å². The van der Waals surface area contributed by atoms with Gasteiger partial charge in [0.2, 0.25) is 0 Å². The molecule has 0 saturated heterocycles. The number of nitrogens with zero attached hydrogens (tertiary/aromatic N) is 4. The van der Waals surface area contributed by atoms with Crippen LogP contribution >= 0.6 is 0 Å². The van der Waals surface area contributed by atoms with Gasteiger partial charge in [0, 0.05) is 12.5 Å². The van der Waals surface area contributed by atoms with Crippen LogP contribution in [0.3, 0.4) is 0 Å². The number of hydrogen-bond donors (Lipinski definition) is 1. The van der Waals surface area contributed by atoms with Crippen LogP contribution in [0.4, 0.5) is 13.2 Å². The number of alkyl halides is 3. The number of rotatable bonds is 3. The fourth-order valence-corrected chi connectivity index (χ4v) is 1.67. The molecular formula is C11H12F3N5. The molecule has 2 N–H and O–H groups in total. The minimum Gasteiger partial charge on any atom is -0.324 e. The van der Waals surface area contributed by atoms with Crippen LogP contribution in [0.25, 0.3) is 0 Å². The Morgan fingerprint density at radius 2 is 2.11 bits per heavy atom. The van der Waals surface area contributed by atoms with Gasteiger partial charge >= 0.3 is 6.18 Å². The van der Waals surface area contributed by atoms with Crippen LogP contribution in [0.15, 0.2) is 24.3 Å². The SMILES string of the molecule is Cn1nnc(CC(N)c2cccc(C(F)(F)F)c2)n1. The summed E-state index contributed by atoms with van der Waals surface area (Å²) in [6, 6.07) is 4.34. The highest BCUT2D eigenvalue weighted by Crippen LogP contribution is 2.30. The summed E-state index contributed by atoms with van der Waals surface area (Å²) in [5.74, 6) is 0.396. The molecule has 8 heteroatoms. The topological polar surface area (TPSA) is 69.6 Å². The molecule has 1 unspecified atom stereocenters. The third-order valence-corrected chi connectivity index (χ3v) is 2.59. The Kier molecular flexibility index (Phi) is 3.52. The van der Waals surface area contributed by atoms with Gasteiger partial charge in [-0.1, -0.05) is 12.1 Å². The van der Waals surface area contributed by atoms with Crippen LogP contribution in [-0.4, -0.2) is 20.2 Å². The van der Waals surface area contributed by atoms with Crippen LogP contribution in [0.5, 0.6) is 0 Å². The molecule has 1 aromatic carbocycles.